The van der Waals surface area contributed by atoms with E-state index in [4.69, 9.17) is 11.0 Å². The molecule has 0 fully saturated rings. The van der Waals surface area contributed by atoms with Crippen LogP contribution in [0.2, 0.25) is 0 Å². The summed E-state index contributed by atoms with van der Waals surface area (Å²) in [5.41, 5.74) is 8.61. The van der Waals surface area contributed by atoms with Crippen molar-refractivity contribution in [1.29, 1.82) is 5.26 Å². The van der Waals surface area contributed by atoms with Crippen molar-refractivity contribution in [3.8, 4) is 6.07 Å². The number of aryl methyl sites for hydroxylation is 1. The van der Waals surface area contributed by atoms with Crippen LogP contribution < -0.4 is 5.73 Å². The number of rotatable bonds is 3. The number of nitrogens with two attached hydrogens (primary N) is 1. The van der Waals surface area contributed by atoms with Gasteiger partial charge >= 0.3 is 0 Å². The summed E-state index contributed by atoms with van der Waals surface area (Å²) in [7, 11) is 0. The normalized spacial score (nSPS) is 10.3. The van der Waals surface area contributed by atoms with Crippen molar-refractivity contribution in [3.63, 3.8) is 0 Å². The van der Waals surface area contributed by atoms with Gasteiger partial charge in [0.15, 0.2) is 5.13 Å². The number of nitriles is 1. The van der Waals surface area contributed by atoms with Crippen molar-refractivity contribution in [2.24, 2.45) is 0 Å². The van der Waals surface area contributed by atoms with E-state index in [1.165, 1.54) is 16.2 Å². The van der Waals surface area contributed by atoms with Gasteiger partial charge in [0.05, 0.1) is 17.3 Å². The van der Waals surface area contributed by atoms with E-state index in [2.05, 4.69) is 33.9 Å². The first-order valence-electron chi connectivity index (χ1n) is 5.56. The van der Waals surface area contributed by atoms with Gasteiger partial charge in [-0.25, -0.2) is 4.98 Å². The van der Waals surface area contributed by atoms with Crippen LogP contribution >= 0.6 is 27.3 Å². The quantitative estimate of drug-likeness (QED) is 0.940. The predicted molar refractivity (Wildman–Crippen MR) is 77.6 cm³/mol. The highest BCUT2D eigenvalue weighted by atomic mass is 79.9. The summed E-state index contributed by atoms with van der Waals surface area (Å²) in [6.45, 7) is 2.08. The van der Waals surface area contributed by atoms with Crippen molar-refractivity contribution in [2.75, 3.05) is 5.73 Å². The van der Waals surface area contributed by atoms with E-state index >= 15 is 0 Å². The first kappa shape index (κ1) is 13.1. The van der Waals surface area contributed by atoms with Crippen molar-refractivity contribution < 1.29 is 0 Å². The number of nitrogens with zero attached hydrogens (tertiary/aromatic N) is 2. The maximum atomic E-state index is 8.83. The maximum Gasteiger partial charge on any atom is 0.180 e. The highest BCUT2D eigenvalue weighted by Gasteiger charge is 2.10. The van der Waals surface area contributed by atoms with Crippen LogP contribution in [-0.2, 0) is 12.8 Å². The predicted octanol–water partition coefficient (Wildman–Crippen LogP) is 3.51. The molecule has 5 heteroatoms. The molecule has 0 saturated carbocycles. The van der Waals surface area contributed by atoms with Gasteiger partial charge in [-0.3, -0.25) is 0 Å². The molecule has 0 bridgehead atoms. The highest BCUT2D eigenvalue weighted by molar-refractivity contribution is 9.10. The molecule has 0 aliphatic heterocycles. The minimum Gasteiger partial charge on any atom is -0.375 e. The lowest BCUT2D eigenvalue weighted by Gasteiger charge is -2.04. The van der Waals surface area contributed by atoms with Crippen molar-refractivity contribution in [1.82, 2.24) is 4.98 Å². The Morgan fingerprint density at radius 1 is 1.50 bits per heavy atom. The first-order valence-corrected chi connectivity index (χ1v) is 7.17. The zero-order valence-electron chi connectivity index (χ0n) is 9.90. The number of benzene rings is 1. The summed E-state index contributed by atoms with van der Waals surface area (Å²) in [5, 5.41) is 9.45. The monoisotopic (exact) mass is 321 g/mol. The molecule has 1 aromatic carbocycles. The first-order chi connectivity index (χ1) is 8.63. The van der Waals surface area contributed by atoms with E-state index in [-0.39, 0.29) is 0 Å². The smallest absolute Gasteiger partial charge is 0.180 e. The minimum absolute atomic E-state index is 0.617. The third-order valence-electron chi connectivity index (χ3n) is 2.66. The van der Waals surface area contributed by atoms with Crippen LogP contribution in [-0.4, -0.2) is 4.98 Å². The zero-order valence-corrected chi connectivity index (χ0v) is 12.3. The molecule has 2 N–H and O–H groups in total. The number of nitrogen functional groups attached to an aromatic ring is 1. The van der Waals surface area contributed by atoms with Crippen molar-refractivity contribution >= 4 is 32.4 Å². The average Bonchev–Trinajstić information content (AvgIpc) is 2.72. The van der Waals surface area contributed by atoms with E-state index < -0.39 is 0 Å². The molecular weight excluding hydrogens is 310 g/mol. The van der Waals surface area contributed by atoms with Crippen molar-refractivity contribution in [3.05, 3.63) is 44.4 Å². The molecule has 0 unspecified atom stereocenters. The highest BCUT2D eigenvalue weighted by Crippen LogP contribution is 2.27. The van der Waals surface area contributed by atoms with Crippen LogP contribution in [0.15, 0.2) is 22.7 Å². The Morgan fingerprint density at radius 3 is 2.89 bits per heavy atom. The van der Waals surface area contributed by atoms with Crippen LogP contribution in [0, 0.1) is 11.3 Å². The van der Waals surface area contributed by atoms with Crippen LogP contribution in [0.5, 0.6) is 0 Å². The number of anilines is 1. The number of thiazole rings is 1. The molecule has 0 spiro atoms. The summed E-state index contributed by atoms with van der Waals surface area (Å²) in [6.07, 6.45) is 1.68. The third-order valence-corrected chi connectivity index (χ3v) is 4.33. The van der Waals surface area contributed by atoms with Gasteiger partial charge in [-0.2, -0.15) is 5.26 Å². The summed E-state index contributed by atoms with van der Waals surface area (Å²) < 4.78 is 0.954. The summed E-state index contributed by atoms with van der Waals surface area (Å²) in [6, 6.07) is 7.76. The SMILES string of the molecule is CCc1nc(N)sc1Cc1ccc(C#N)cc1Br. The molecule has 0 aliphatic carbocycles. The van der Waals surface area contributed by atoms with Crippen LogP contribution in [0.25, 0.3) is 0 Å². The second-order valence-corrected chi connectivity index (χ2v) is 5.84. The standard InChI is InChI=1S/C13H12BrN3S/c1-2-11-12(18-13(16)17-11)6-9-4-3-8(7-15)5-10(9)14/h3-5H,2,6H2,1H3,(H2,16,17). The largest absolute Gasteiger partial charge is 0.375 e. The summed E-state index contributed by atoms with van der Waals surface area (Å²) in [4.78, 5) is 5.51. The fourth-order valence-corrected chi connectivity index (χ4v) is 3.21. The Balaban J connectivity index is 2.31. The Bertz CT molecular complexity index is 613. The molecule has 2 aromatic rings. The van der Waals surface area contributed by atoms with E-state index in [0.29, 0.717) is 10.7 Å². The van der Waals surface area contributed by atoms with Crippen LogP contribution in [0.1, 0.15) is 28.6 Å². The van der Waals surface area contributed by atoms with Gasteiger partial charge in [0.2, 0.25) is 0 Å². The van der Waals surface area contributed by atoms with E-state index in [1.54, 1.807) is 0 Å². The maximum absolute atomic E-state index is 8.83. The fraction of sp³-hybridized carbons (Fsp3) is 0.231. The lowest BCUT2D eigenvalue weighted by atomic mass is 10.1. The van der Waals surface area contributed by atoms with Gasteiger partial charge in [-0.05, 0) is 24.1 Å². The Morgan fingerprint density at radius 2 is 2.28 bits per heavy atom. The average molecular weight is 322 g/mol. The molecule has 92 valence electrons. The molecule has 0 saturated heterocycles. The molecule has 0 atom stereocenters. The molecule has 0 aliphatic rings. The molecule has 0 amide bonds. The molecule has 0 radical (unpaired) electrons. The molecule has 18 heavy (non-hydrogen) atoms. The summed E-state index contributed by atoms with van der Waals surface area (Å²) in [5.74, 6) is 0. The fourth-order valence-electron chi connectivity index (χ4n) is 1.75. The molecule has 1 aromatic heterocycles. The summed E-state index contributed by atoms with van der Waals surface area (Å²) >= 11 is 5.03. The van der Waals surface area contributed by atoms with Gasteiger partial charge in [-0.1, -0.05) is 28.9 Å². The van der Waals surface area contributed by atoms with Crippen molar-refractivity contribution in [2.45, 2.75) is 19.8 Å². The van der Waals surface area contributed by atoms with Gasteiger partial charge in [-0.15, -0.1) is 11.3 Å². The molecular formula is C13H12BrN3S. The molecule has 3 nitrogen and oxygen atoms in total. The lowest BCUT2D eigenvalue weighted by Crippen LogP contribution is -1.93. The second kappa shape index (κ2) is 5.51. The van der Waals surface area contributed by atoms with E-state index in [0.717, 1.165) is 28.6 Å². The Labute approximate surface area is 118 Å². The van der Waals surface area contributed by atoms with Gasteiger partial charge in [0.25, 0.3) is 0 Å². The number of hydrogen-bond acceptors (Lipinski definition) is 4. The molecule has 1 heterocycles. The van der Waals surface area contributed by atoms with E-state index in [1.807, 2.05) is 18.2 Å². The third kappa shape index (κ3) is 2.71. The molecule has 2 rings (SSSR count). The van der Waals surface area contributed by atoms with Crippen LogP contribution in [0.3, 0.4) is 0 Å². The number of hydrogen-bond donors (Lipinski definition) is 1. The second-order valence-electron chi connectivity index (χ2n) is 3.87. The Hall–Kier alpha value is -1.38. The van der Waals surface area contributed by atoms with Gasteiger partial charge in [0, 0.05) is 15.8 Å². The number of halogens is 1. The topological polar surface area (TPSA) is 62.7 Å². The lowest BCUT2D eigenvalue weighted by molar-refractivity contribution is 1.02. The Kier molecular flexibility index (Phi) is 4.00. The van der Waals surface area contributed by atoms with Gasteiger partial charge < -0.3 is 5.73 Å². The van der Waals surface area contributed by atoms with Crippen LogP contribution in [0.4, 0.5) is 5.13 Å². The van der Waals surface area contributed by atoms with E-state index in [9.17, 15) is 0 Å². The minimum atomic E-state index is 0.617. The number of aromatic nitrogens is 1. The zero-order chi connectivity index (χ0) is 13.1. The van der Waals surface area contributed by atoms with Gasteiger partial charge in [0.1, 0.15) is 0 Å².